The van der Waals surface area contributed by atoms with Gasteiger partial charge in [-0.05, 0) is 47.9 Å². The number of hydrogen-bond donors (Lipinski definition) is 1. The van der Waals surface area contributed by atoms with Gasteiger partial charge in [0.25, 0.3) is 5.91 Å². The standard InChI is InChI=1S/C31H32N6O/c1-35-29-15-14-27(22-28(29)33-30(35)16-13-25-9-11-26(23-32)12-10-25)31(38)34-37-20-18-36(19-21-37)17-5-8-24-6-3-2-4-7-24/h2-12,14-15,22H,13,16-21H2,1H3,(H,34,38). The average molecular weight is 505 g/mol. The molecule has 0 spiro atoms. The predicted molar refractivity (Wildman–Crippen MR) is 150 cm³/mol. The van der Waals surface area contributed by atoms with Crippen LogP contribution >= 0.6 is 0 Å². The van der Waals surface area contributed by atoms with Crippen LogP contribution in [0.2, 0.25) is 0 Å². The number of hydrazine groups is 1. The molecule has 3 aromatic carbocycles. The number of nitrogens with one attached hydrogen (secondary N) is 1. The Morgan fingerprint density at radius 3 is 2.50 bits per heavy atom. The lowest BCUT2D eigenvalue weighted by molar-refractivity contribution is 0.0641. The highest BCUT2D eigenvalue weighted by Crippen LogP contribution is 2.19. The van der Waals surface area contributed by atoms with E-state index in [0.717, 1.165) is 62.4 Å². The number of aromatic nitrogens is 2. The van der Waals surface area contributed by atoms with Crippen LogP contribution in [0.5, 0.6) is 0 Å². The Kier molecular flexibility index (Phi) is 7.93. The van der Waals surface area contributed by atoms with E-state index in [2.05, 4.69) is 45.2 Å². The SMILES string of the molecule is Cn1c(CCc2ccc(C#N)cc2)nc2cc(C(=O)NN3CCN(CC=Cc4ccccc4)CC3)ccc21. The van der Waals surface area contributed by atoms with E-state index in [1.165, 1.54) is 11.1 Å². The summed E-state index contributed by atoms with van der Waals surface area (Å²) < 4.78 is 2.09. The molecule has 1 N–H and O–H groups in total. The fourth-order valence-corrected chi connectivity index (χ4v) is 4.77. The molecule has 1 saturated heterocycles. The van der Waals surface area contributed by atoms with Crippen LogP contribution in [0.1, 0.15) is 32.9 Å². The predicted octanol–water partition coefficient (Wildman–Crippen LogP) is 4.21. The summed E-state index contributed by atoms with van der Waals surface area (Å²) in [5.41, 5.74) is 8.56. The second-order valence-corrected chi connectivity index (χ2v) is 9.64. The fraction of sp³-hybridized carbons (Fsp3) is 0.258. The quantitative estimate of drug-likeness (QED) is 0.389. The van der Waals surface area contributed by atoms with Crippen LogP contribution in [-0.2, 0) is 19.9 Å². The Hall–Kier alpha value is -4.25. The van der Waals surface area contributed by atoms with Gasteiger partial charge in [-0.1, -0.05) is 54.6 Å². The van der Waals surface area contributed by atoms with E-state index in [9.17, 15) is 4.79 Å². The first-order valence-corrected chi connectivity index (χ1v) is 13.0. The van der Waals surface area contributed by atoms with Crippen LogP contribution in [0, 0.1) is 11.3 Å². The van der Waals surface area contributed by atoms with Gasteiger partial charge < -0.3 is 4.57 Å². The fourth-order valence-electron chi connectivity index (χ4n) is 4.77. The van der Waals surface area contributed by atoms with Gasteiger partial charge in [-0.15, -0.1) is 0 Å². The van der Waals surface area contributed by atoms with E-state index in [0.29, 0.717) is 11.1 Å². The molecular weight excluding hydrogens is 472 g/mol. The summed E-state index contributed by atoms with van der Waals surface area (Å²) in [6, 6.07) is 25.9. The van der Waals surface area contributed by atoms with Crippen molar-refractivity contribution in [2.45, 2.75) is 12.8 Å². The third-order valence-corrected chi connectivity index (χ3v) is 7.06. The molecule has 0 radical (unpaired) electrons. The van der Waals surface area contributed by atoms with Crippen molar-refractivity contribution >= 4 is 23.0 Å². The van der Waals surface area contributed by atoms with E-state index < -0.39 is 0 Å². The van der Waals surface area contributed by atoms with Gasteiger partial charge in [-0.2, -0.15) is 5.26 Å². The van der Waals surface area contributed by atoms with Gasteiger partial charge in [0.15, 0.2) is 0 Å². The molecule has 1 aliphatic heterocycles. The van der Waals surface area contributed by atoms with E-state index in [4.69, 9.17) is 10.2 Å². The minimum absolute atomic E-state index is 0.103. The van der Waals surface area contributed by atoms with Crippen molar-refractivity contribution in [2.24, 2.45) is 7.05 Å². The second kappa shape index (κ2) is 11.9. The average Bonchev–Trinajstić information content (AvgIpc) is 3.28. The third kappa shape index (κ3) is 6.17. The topological polar surface area (TPSA) is 77.2 Å². The van der Waals surface area contributed by atoms with E-state index in [1.807, 2.05) is 72.7 Å². The first-order valence-electron chi connectivity index (χ1n) is 13.0. The minimum Gasteiger partial charge on any atom is -0.331 e. The molecule has 0 saturated carbocycles. The monoisotopic (exact) mass is 504 g/mol. The van der Waals surface area contributed by atoms with Gasteiger partial charge >= 0.3 is 0 Å². The molecule has 7 nitrogen and oxygen atoms in total. The smallest absolute Gasteiger partial charge is 0.265 e. The van der Waals surface area contributed by atoms with Crippen molar-refractivity contribution in [1.29, 1.82) is 5.26 Å². The van der Waals surface area contributed by atoms with Gasteiger partial charge in [0.1, 0.15) is 5.82 Å². The molecule has 1 amide bonds. The minimum atomic E-state index is -0.103. The lowest BCUT2D eigenvalue weighted by atomic mass is 10.1. The number of rotatable bonds is 8. The van der Waals surface area contributed by atoms with Crippen LogP contribution in [0.25, 0.3) is 17.1 Å². The number of nitrogens with zero attached hydrogens (tertiary/aromatic N) is 5. The van der Waals surface area contributed by atoms with Crippen molar-refractivity contribution in [2.75, 3.05) is 32.7 Å². The number of imidazole rings is 1. The Bertz CT molecular complexity index is 1460. The molecule has 1 aliphatic rings. The van der Waals surface area contributed by atoms with Gasteiger partial charge in [0, 0.05) is 51.8 Å². The zero-order valence-corrected chi connectivity index (χ0v) is 21.7. The van der Waals surface area contributed by atoms with Gasteiger partial charge in [0.2, 0.25) is 0 Å². The number of hydrogen-bond acceptors (Lipinski definition) is 5. The van der Waals surface area contributed by atoms with Gasteiger partial charge in [-0.3, -0.25) is 15.1 Å². The number of piperazine rings is 1. The Balaban J connectivity index is 1.14. The highest BCUT2D eigenvalue weighted by molar-refractivity contribution is 5.97. The summed E-state index contributed by atoms with van der Waals surface area (Å²) in [7, 11) is 2.01. The summed E-state index contributed by atoms with van der Waals surface area (Å²) in [5.74, 6) is 0.869. The van der Waals surface area contributed by atoms with E-state index in [-0.39, 0.29) is 5.91 Å². The summed E-state index contributed by atoms with van der Waals surface area (Å²) >= 11 is 0. The lowest BCUT2D eigenvalue weighted by Crippen LogP contribution is -2.53. The number of benzene rings is 3. The maximum atomic E-state index is 13.0. The summed E-state index contributed by atoms with van der Waals surface area (Å²) in [4.78, 5) is 20.2. The number of aryl methyl sites for hydroxylation is 3. The molecular formula is C31H32N6O. The maximum absolute atomic E-state index is 13.0. The highest BCUT2D eigenvalue weighted by Gasteiger charge is 2.19. The molecule has 0 bridgehead atoms. The van der Waals surface area contributed by atoms with Gasteiger partial charge in [0.05, 0.1) is 22.7 Å². The number of nitriles is 1. The van der Waals surface area contributed by atoms with Crippen LogP contribution in [0.15, 0.2) is 78.9 Å². The number of amides is 1. The zero-order valence-electron chi connectivity index (χ0n) is 21.7. The number of carbonyl (C=O) groups is 1. The summed E-state index contributed by atoms with van der Waals surface area (Å²) in [5, 5.41) is 11.0. The second-order valence-electron chi connectivity index (χ2n) is 9.64. The number of fused-ring (bicyclic) bond motifs is 1. The van der Waals surface area contributed by atoms with Crippen molar-refractivity contribution in [3.05, 3.63) is 107 Å². The molecule has 7 heteroatoms. The molecule has 192 valence electrons. The van der Waals surface area contributed by atoms with Gasteiger partial charge in [-0.25, -0.2) is 9.99 Å². The Morgan fingerprint density at radius 2 is 1.76 bits per heavy atom. The number of carbonyl (C=O) groups excluding carboxylic acids is 1. The van der Waals surface area contributed by atoms with Crippen LogP contribution in [-0.4, -0.2) is 58.1 Å². The Morgan fingerprint density at radius 1 is 1.00 bits per heavy atom. The molecule has 4 aromatic rings. The van der Waals surface area contributed by atoms with E-state index >= 15 is 0 Å². The normalized spacial score (nSPS) is 14.6. The first kappa shape index (κ1) is 25.4. The highest BCUT2D eigenvalue weighted by atomic mass is 16.2. The molecule has 1 fully saturated rings. The van der Waals surface area contributed by atoms with Crippen LogP contribution in [0.4, 0.5) is 0 Å². The molecule has 5 rings (SSSR count). The van der Waals surface area contributed by atoms with Crippen molar-refractivity contribution < 1.29 is 4.79 Å². The summed E-state index contributed by atoms with van der Waals surface area (Å²) in [6.07, 6.45) is 5.97. The van der Waals surface area contributed by atoms with E-state index in [1.54, 1.807) is 0 Å². The van der Waals surface area contributed by atoms with Crippen molar-refractivity contribution in [3.63, 3.8) is 0 Å². The molecule has 2 heterocycles. The molecule has 0 unspecified atom stereocenters. The summed E-state index contributed by atoms with van der Waals surface area (Å²) in [6.45, 7) is 4.29. The van der Waals surface area contributed by atoms with Crippen LogP contribution < -0.4 is 5.43 Å². The zero-order chi connectivity index (χ0) is 26.3. The largest absolute Gasteiger partial charge is 0.331 e. The molecule has 1 aromatic heterocycles. The maximum Gasteiger partial charge on any atom is 0.265 e. The first-order chi connectivity index (χ1) is 18.6. The molecule has 38 heavy (non-hydrogen) atoms. The Labute approximate surface area is 223 Å². The van der Waals surface area contributed by atoms with Crippen molar-refractivity contribution in [1.82, 2.24) is 24.9 Å². The van der Waals surface area contributed by atoms with Crippen LogP contribution in [0.3, 0.4) is 0 Å². The lowest BCUT2D eigenvalue weighted by Gasteiger charge is -2.34. The molecule has 0 atom stereocenters. The third-order valence-electron chi connectivity index (χ3n) is 7.06. The van der Waals surface area contributed by atoms with Crippen molar-refractivity contribution in [3.8, 4) is 6.07 Å². The molecule has 0 aliphatic carbocycles.